The molecule has 0 fully saturated rings. The summed E-state index contributed by atoms with van der Waals surface area (Å²) < 4.78 is 0. The second kappa shape index (κ2) is 7.95. The zero-order chi connectivity index (χ0) is 18.5. The molecule has 1 heterocycles. The highest BCUT2D eigenvalue weighted by Gasteiger charge is 2.08. The molecule has 5 heteroatoms. The van der Waals surface area contributed by atoms with Gasteiger partial charge in [-0.15, -0.1) is 0 Å². The second-order valence-electron chi connectivity index (χ2n) is 6.51. The Morgan fingerprint density at radius 2 is 1.50 bits per heavy atom. The summed E-state index contributed by atoms with van der Waals surface area (Å²) in [7, 11) is 0. The summed E-state index contributed by atoms with van der Waals surface area (Å²) in [5.41, 5.74) is 5.69. The second-order valence-corrected chi connectivity index (χ2v) is 6.51. The minimum absolute atomic E-state index is 0.542. The smallest absolute Gasteiger partial charge is 0.232 e. The van der Waals surface area contributed by atoms with Gasteiger partial charge in [0.05, 0.1) is 0 Å². The summed E-state index contributed by atoms with van der Waals surface area (Å²) in [6.45, 7) is 8.21. The van der Waals surface area contributed by atoms with Gasteiger partial charge in [-0.25, -0.2) is 0 Å². The minimum atomic E-state index is 0.542. The van der Waals surface area contributed by atoms with Gasteiger partial charge in [0, 0.05) is 11.4 Å². The molecule has 0 aliphatic carbocycles. The first-order chi connectivity index (χ1) is 12.5. The van der Waals surface area contributed by atoms with Crippen molar-refractivity contribution in [1.82, 2.24) is 15.0 Å². The van der Waals surface area contributed by atoms with E-state index in [1.54, 1.807) is 0 Å². The third-order valence-corrected chi connectivity index (χ3v) is 4.16. The zero-order valence-corrected chi connectivity index (χ0v) is 15.8. The molecule has 26 heavy (non-hydrogen) atoms. The van der Waals surface area contributed by atoms with Crippen LogP contribution in [0, 0.1) is 20.8 Å². The molecule has 0 radical (unpaired) electrons. The predicted octanol–water partition coefficient (Wildman–Crippen LogP) is 5.24. The van der Waals surface area contributed by atoms with Crippen LogP contribution in [0.15, 0.2) is 42.5 Å². The van der Waals surface area contributed by atoms with Crippen molar-refractivity contribution in [1.29, 1.82) is 0 Å². The minimum Gasteiger partial charge on any atom is -0.324 e. The fraction of sp³-hybridized carbons (Fsp3) is 0.286. The average molecular weight is 347 g/mol. The number of rotatable bonds is 6. The van der Waals surface area contributed by atoms with Crippen LogP contribution in [0.1, 0.15) is 35.9 Å². The molecular formula is C21H25N5. The Morgan fingerprint density at radius 3 is 2.19 bits per heavy atom. The largest absolute Gasteiger partial charge is 0.324 e. The molecule has 2 aromatic carbocycles. The van der Waals surface area contributed by atoms with E-state index in [-0.39, 0.29) is 0 Å². The van der Waals surface area contributed by atoms with E-state index in [1.807, 2.05) is 19.1 Å². The molecule has 5 nitrogen and oxygen atoms in total. The predicted molar refractivity (Wildman–Crippen MR) is 107 cm³/mol. The molecule has 2 N–H and O–H groups in total. The highest BCUT2D eigenvalue weighted by Crippen LogP contribution is 2.23. The van der Waals surface area contributed by atoms with Crippen molar-refractivity contribution >= 4 is 23.3 Å². The topological polar surface area (TPSA) is 62.7 Å². The lowest BCUT2D eigenvalue weighted by molar-refractivity contribution is 0.921. The van der Waals surface area contributed by atoms with Crippen molar-refractivity contribution in [2.45, 2.75) is 40.5 Å². The van der Waals surface area contributed by atoms with Crippen molar-refractivity contribution in [3.05, 3.63) is 65.0 Å². The van der Waals surface area contributed by atoms with Crippen molar-refractivity contribution in [3.63, 3.8) is 0 Å². The molecule has 0 aliphatic rings. The monoisotopic (exact) mass is 347 g/mol. The van der Waals surface area contributed by atoms with Crippen LogP contribution >= 0.6 is 0 Å². The Labute approximate surface area is 154 Å². The summed E-state index contributed by atoms with van der Waals surface area (Å²) in [5, 5.41) is 6.65. The van der Waals surface area contributed by atoms with Gasteiger partial charge in [0.1, 0.15) is 5.82 Å². The number of nitrogens with one attached hydrogen (secondary N) is 2. The molecule has 0 amide bonds. The molecule has 0 aliphatic heterocycles. The summed E-state index contributed by atoms with van der Waals surface area (Å²) in [6.07, 6.45) is 2.11. The first kappa shape index (κ1) is 17.9. The molecule has 0 saturated heterocycles. The number of nitrogens with zero attached hydrogens (tertiary/aromatic N) is 3. The average Bonchev–Trinajstić information content (AvgIpc) is 2.59. The third kappa shape index (κ3) is 4.36. The lowest BCUT2D eigenvalue weighted by Crippen LogP contribution is -2.07. The Balaban J connectivity index is 1.86. The highest BCUT2D eigenvalue weighted by atomic mass is 15.2. The molecule has 1 aromatic heterocycles. The van der Waals surface area contributed by atoms with Crippen LogP contribution in [0.2, 0.25) is 0 Å². The van der Waals surface area contributed by atoms with Crippen molar-refractivity contribution in [3.8, 4) is 0 Å². The highest BCUT2D eigenvalue weighted by molar-refractivity contribution is 5.62. The van der Waals surface area contributed by atoms with Crippen LogP contribution in [0.3, 0.4) is 0 Å². The van der Waals surface area contributed by atoms with Gasteiger partial charge in [-0.3, -0.25) is 0 Å². The number of hydrogen-bond acceptors (Lipinski definition) is 5. The van der Waals surface area contributed by atoms with Gasteiger partial charge in [-0.2, -0.15) is 15.0 Å². The van der Waals surface area contributed by atoms with E-state index in [9.17, 15) is 0 Å². The number of benzene rings is 2. The Bertz CT molecular complexity index is 905. The van der Waals surface area contributed by atoms with E-state index in [1.165, 1.54) is 11.1 Å². The van der Waals surface area contributed by atoms with E-state index < -0.39 is 0 Å². The van der Waals surface area contributed by atoms with E-state index in [2.05, 4.69) is 76.7 Å². The van der Waals surface area contributed by atoms with Gasteiger partial charge >= 0.3 is 0 Å². The maximum Gasteiger partial charge on any atom is 0.232 e. The van der Waals surface area contributed by atoms with Crippen LogP contribution in [-0.4, -0.2) is 15.0 Å². The lowest BCUT2D eigenvalue weighted by Gasteiger charge is -2.13. The van der Waals surface area contributed by atoms with Crippen LogP contribution in [0.4, 0.5) is 23.3 Å². The third-order valence-electron chi connectivity index (χ3n) is 4.16. The first-order valence-corrected chi connectivity index (χ1v) is 8.97. The Kier molecular flexibility index (Phi) is 5.46. The van der Waals surface area contributed by atoms with Gasteiger partial charge in [-0.05, 0) is 50.5 Å². The number of aromatic nitrogens is 3. The Hall–Kier alpha value is -2.95. The van der Waals surface area contributed by atoms with Gasteiger partial charge < -0.3 is 10.6 Å². The maximum atomic E-state index is 4.54. The van der Waals surface area contributed by atoms with Gasteiger partial charge in [0.15, 0.2) is 0 Å². The van der Waals surface area contributed by atoms with Crippen molar-refractivity contribution in [2.75, 3.05) is 10.6 Å². The van der Waals surface area contributed by atoms with Gasteiger partial charge in [0.25, 0.3) is 0 Å². The molecule has 3 rings (SSSR count). The molecule has 0 bridgehead atoms. The van der Waals surface area contributed by atoms with Crippen LogP contribution in [0.5, 0.6) is 0 Å². The van der Waals surface area contributed by atoms with Crippen LogP contribution in [0.25, 0.3) is 0 Å². The fourth-order valence-electron chi connectivity index (χ4n) is 2.92. The molecule has 134 valence electrons. The normalized spacial score (nSPS) is 10.6. The lowest BCUT2D eigenvalue weighted by atomic mass is 10.1. The Morgan fingerprint density at radius 1 is 0.808 bits per heavy atom. The van der Waals surface area contributed by atoms with Gasteiger partial charge in [0.2, 0.25) is 11.9 Å². The number of hydrogen-bond donors (Lipinski definition) is 2. The standard InChI is InChI=1S/C21H25N5/c1-5-8-17-9-6-7-10-19(17)25-21-23-16(4)22-20(26-21)24-18-12-11-14(2)13-15(18)3/h6-7,9-13H,5,8H2,1-4H3,(H2,22,23,24,25,26). The molecule has 0 spiro atoms. The quantitative estimate of drug-likeness (QED) is 0.639. The van der Waals surface area contributed by atoms with Gasteiger partial charge in [-0.1, -0.05) is 49.2 Å². The molecule has 0 saturated carbocycles. The molecule has 0 atom stereocenters. The van der Waals surface area contributed by atoms with E-state index in [0.29, 0.717) is 17.7 Å². The number of para-hydroxylation sites is 1. The SMILES string of the molecule is CCCc1ccccc1Nc1nc(C)nc(Nc2ccc(C)cc2C)n1. The van der Waals surface area contributed by atoms with Crippen LogP contribution in [-0.2, 0) is 6.42 Å². The number of aryl methyl sites for hydroxylation is 4. The number of anilines is 4. The zero-order valence-electron chi connectivity index (χ0n) is 15.8. The molecule has 0 unspecified atom stereocenters. The van der Waals surface area contributed by atoms with Crippen LogP contribution < -0.4 is 10.6 Å². The van der Waals surface area contributed by atoms with E-state index in [4.69, 9.17) is 0 Å². The maximum absolute atomic E-state index is 4.54. The summed E-state index contributed by atoms with van der Waals surface area (Å²) >= 11 is 0. The first-order valence-electron chi connectivity index (χ1n) is 8.97. The molecular weight excluding hydrogens is 322 g/mol. The fourth-order valence-corrected chi connectivity index (χ4v) is 2.92. The summed E-state index contributed by atoms with van der Waals surface area (Å²) in [5.74, 6) is 1.76. The van der Waals surface area contributed by atoms with E-state index in [0.717, 1.165) is 29.8 Å². The summed E-state index contributed by atoms with van der Waals surface area (Å²) in [4.78, 5) is 13.4. The van der Waals surface area contributed by atoms with Crippen molar-refractivity contribution < 1.29 is 0 Å². The van der Waals surface area contributed by atoms with Crippen molar-refractivity contribution in [2.24, 2.45) is 0 Å². The summed E-state index contributed by atoms with van der Waals surface area (Å²) in [6, 6.07) is 14.5. The van der Waals surface area contributed by atoms with E-state index >= 15 is 0 Å². The molecule has 3 aromatic rings.